The van der Waals surface area contributed by atoms with E-state index in [1.807, 2.05) is 31.2 Å². The van der Waals surface area contributed by atoms with Gasteiger partial charge in [-0.25, -0.2) is 0 Å². The zero-order valence-electron chi connectivity index (χ0n) is 8.88. The summed E-state index contributed by atoms with van der Waals surface area (Å²) in [6, 6.07) is 7.39. The zero-order chi connectivity index (χ0) is 11.2. The number of hydrogen-bond donors (Lipinski definition) is 1. The lowest BCUT2D eigenvalue weighted by molar-refractivity contribution is 0.294. The van der Waals surface area contributed by atoms with Crippen LogP contribution in [0.2, 0.25) is 0 Å². The van der Waals surface area contributed by atoms with Crippen molar-refractivity contribution in [2.75, 3.05) is 6.61 Å². The molecule has 0 aliphatic heterocycles. The van der Waals surface area contributed by atoms with Gasteiger partial charge in [-0.3, -0.25) is 0 Å². The predicted molar refractivity (Wildman–Crippen MR) is 56.1 cm³/mol. The highest BCUT2D eigenvalue weighted by Gasteiger charge is 2.00. The number of rotatable bonds is 5. The molecule has 1 heterocycles. The second-order valence-corrected chi connectivity index (χ2v) is 3.02. The molecule has 1 aromatic heterocycles. The SMILES string of the molecule is CCOc1ccc(OCc2nn[nH]n2)cc1. The van der Waals surface area contributed by atoms with Gasteiger partial charge in [0.15, 0.2) is 6.61 Å². The van der Waals surface area contributed by atoms with Gasteiger partial charge >= 0.3 is 0 Å². The fraction of sp³-hybridized carbons (Fsp3) is 0.300. The minimum absolute atomic E-state index is 0.296. The Balaban J connectivity index is 1.90. The third kappa shape index (κ3) is 2.69. The second kappa shape index (κ2) is 5.11. The van der Waals surface area contributed by atoms with Crippen molar-refractivity contribution in [3.05, 3.63) is 30.1 Å². The molecule has 2 aromatic rings. The Labute approximate surface area is 92.6 Å². The van der Waals surface area contributed by atoms with Gasteiger partial charge in [0.25, 0.3) is 0 Å². The summed E-state index contributed by atoms with van der Waals surface area (Å²) in [6.45, 7) is 2.90. The number of tetrazole rings is 1. The molecule has 0 aliphatic rings. The van der Waals surface area contributed by atoms with Gasteiger partial charge in [0, 0.05) is 0 Å². The number of aromatic nitrogens is 4. The maximum Gasteiger partial charge on any atom is 0.211 e. The van der Waals surface area contributed by atoms with Gasteiger partial charge < -0.3 is 9.47 Å². The summed E-state index contributed by atoms with van der Waals surface area (Å²) in [6.07, 6.45) is 0. The molecule has 1 aromatic carbocycles. The van der Waals surface area contributed by atoms with E-state index < -0.39 is 0 Å². The number of benzene rings is 1. The fourth-order valence-electron chi connectivity index (χ4n) is 1.19. The lowest BCUT2D eigenvalue weighted by Gasteiger charge is -2.05. The summed E-state index contributed by atoms with van der Waals surface area (Å²) in [4.78, 5) is 0. The Morgan fingerprint density at radius 1 is 1.12 bits per heavy atom. The molecule has 0 saturated heterocycles. The molecule has 6 nitrogen and oxygen atoms in total. The third-order valence-corrected chi connectivity index (χ3v) is 1.89. The van der Waals surface area contributed by atoms with Crippen molar-refractivity contribution in [1.29, 1.82) is 0 Å². The van der Waals surface area contributed by atoms with E-state index in [0.717, 1.165) is 11.5 Å². The Hall–Kier alpha value is -2.11. The maximum atomic E-state index is 5.44. The van der Waals surface area contributed by atoms with Crippen molar-refractivity contribution in [2.45, 2.75) is 13.5 Å². The minimum Gasteiger partial charge on any atom is -0.494 e. The van der Waals surface area contributed by atoms with Crippen LogP contribution >= 0.6 is 0 Å². The molecule has 0 saturated carbocycles. The van der Waals surface area contributed by atoms with E-state index in [9.17, 15) is 0 Å². The first-order valence-electron chi connectivity index (χ1n) is 4.96. The highest BCUT2D eigenvalue weighted by molar-refractivity contribution is 5.31. The van der Waals surface area contributed by atoms with E-state index in [4.69, 9.17) is 9.47 Å². The first-order chi connectivity index (χ1) is 7.88. The molecule has 84 valence electrons. The van der Waals surface area contributed by atoms with E-state index >= 15 is 0 Å². The number of ether oxygens (including phenoxy) is 2. The van der Waals surface area contributed by atoms with Crippen LogP contribution in [0.5, 0.6) is 11.5 Å². The maximum absolute atomic E-state index is 5.44. The van der Waals surface area contributed by atoms with Gasteiger partial charge in [0.2, 0.25) is 5.82 Å². The molecule has 1 N–H and O–H groups in total. The second-order valence-electron chi connectivity index (χ2n) is 3.02. The largest absolute Gasteiger partial charge is 0.494 e. The molecule has 0 spiro atoms. The lowest BCUT2D eigenvalue weighted by atomic mass is 10.3. The normalized spacial score (nSPS) is 10.1. The van der Waals surface area contributed by atoms with Crippen LogP contribution in [-0.4, -0.2) is 27.2 Å². The van der Waals surface area contributed by atoms with Crippen molar-refractivity contribution in [2.24, 2.45) is 0 Å². The van der Waals surface area contributed by atoms with Crippen LogP contribution in [0.4, 0.5) is 0 Å². The van der Waals surface area contributed by atoms with Crippen LogP contribution in [0.3, 0.4) is 0 Å². The average molecular weight is 220 g/mol. The summed E-state index contributed by atoms with van der Waals surface area (Å²) in [5.74, 6) is 2.09. The van der Waals surface area contributed by atoms with Crippen LogP contribution in [0, 0.1) is 0 Å². The summed E-state index contributed by atoms with van der Waals surface area (Å²) >= 11 is 0. The average Bonchev–Trinajstić information content (AvgIpc) is 2.82. The number of H-pyrrole nitrogens is 1. The molecule has 6 heteroatoms. The topological polar surface area (TPSA) is 72.9 Å². The van der Waals surface area contributed by atoms with Crippen molar-refractivity contribution in [3.63, 3.8) is 0 Å². The highest BCUT2D eigenvalue weighted by Crippen LogP contribution is 2.17. The van der Waals surface area contributed by atoms with E-state index in [1.165, 1.54) is 0 Å². The van der Waals surface area contributed by atoms with Crippen molar-refractivity contribution in [3.8, 4) is 11.5 Å². The highest BCUT2D eigenvalue weighted by atomic mass is 16.5. The summed E-state index contributed by atoms with van der Waals surface area (Å²) in [5.41, 5.74) is 0. The van der Waals surface area contributed by atoms with Gasteiger partial charge in [0.1, 0.15) is 11.5 Å². The molecule has 0 fully saturated rings. The molecule has 0 aliphatic carbocycles. The number of nitrogens with zero attached hydrogens (tertiary/aromatic N) is 3. The summed E-state index contributed by atoms with van der Waals surface area (Å²) < 4.78 is 10.8. The molecule has 0 unspecified atom stereocenters. The van der Waals surface area contributed by atoms with Crippen LogP contribution in [-0.2, 0) is 6.61 Å². The predicted octanol–water partition coefficient (Wildman–Crippen LogP) is 1.18. The van der Waals surface area contributed by atoms with Gasteiger partial charge in [-0.1, -0.05) is 5.21 Å². The number of nitrogens with one attached hydrogen (secondary N) is 1. The number of hydrogen-bond acceptors (Lipinski definition) is 5. The molecule has 0 amide bonds. The lowest BCUT2D eigenvalue weighted by Crippen LogP contribution is -1.98. The van der Waals surface area contributed by atoms with E-state index in [2.05, 4.69) is 20.6 Å². The summed E-state index contributed by atoms with van der Waals surface area (Å²) in [7, 11) is 0. The Morgan fingerprint density at radius 3 is 2.38 bits per heavy atom. The molecule has 2 rings (SSSR count). The Kier molecular flexibility index (Phi) is 3.32. The van der Waals surface area contributed by atoms with Crippen molar-refractivity contribution in [1.82, 2.24) is 20.6 Å². The number of aromatic amines is 1. The summed E-state index contributed by atoms with van der Waals surface area (Å²) in [5, 5.41) is 13.4. The molecular weight excluding hydrogens is 208 g/mol. The quantitative estimate of drug-likeness (QED) is 0.819. The van der Waals surface area contributed by atoms with Crippen LogP contribution in [0.15, 0.2) is 24.3 Å². The molecular formula is C10H12N4O2. The Bertz CT molecular complexity index is 413. The molecule has 0 bridgehead atoms. The van der Waals surface area contributed by atoms with E-state index in [1.54, 1.807) is 0 Å². The van der Waals surface area contributed by atoms with Crippen LogP contribution in [0.1, 0.15) is 12.7 Å². The van der Waals surface area contributed by atoms with Crippen LogP contribution in [0.25, 0.3) is 0 Å². The van der Waals surface area contributed by atoms with E-state index in [0.29, 0.717) is 19.0 Å². The molecule has 0 atom stereocenters. The third-order valence-electron chi connectivity index (χ3n) is 1.89. The molecule has 16 heavy (non-hydrogen) atoms. The minimum atomic E-state index is 0.296. The van der Waals surface area contributed by atoms with Gasteiger partial charge in [-0.05, 0) is 31.2 Å². The molecule has 0 radical (unpaired) electrons. The zero-order valence-corrected chi connectivity index (χ0v) is 8.88. The van der Waals surface area contributed by atoms with Crippen molar-refractivity contribution < 1.29 is 9.47 Å². The smallest absolute Gasteiger partial charge is 0.211 e. The van der Waals surface area contributed by atoms with Gasteiger partial charge in [-0.2, -0.15) is 5.21 Å². The van der Waals surface area contributed by atoms with Crippen molar-refractivity contribution >= 4 is 0 Å². The van der Waals surface area contributed by atoms with E-state index in [-0.39, 0.29) is 0 Å². The first kappa shape index (κ1) is 10.4. The van der Waals surface area contributed by atoms with Crippen LogP contribution < -0.4 is 9.47 Å². The van der Waals surface area contributed by atoms with Gasteiger partial charge in [0.05, 0.1) is 6.61 Å². The van der Waals surface area contributed by atoms with Gasteiger partial charge in [-0.15, -0.1) is 10.2 Å². The first-order valence-corrected chi connectivity index (χ1v) is 4.96. The standard InChI is InChI=1S/C10H12N4O2/c1-2-15-8-3-5-9(6-4-8)16-7-10-11-13-14-12-10/h3-6H,2,7H2,1H3,(H,11,12,13,14). The Morgan fingerprint density at radius 2 is 1.81 bits per heavy atom. The fourth-order valence-corrected chi connectivity index (χ4v) is 1.19. The monoisotopic (exact) mass is 220 g/mol.